The first kappa shape index (κ1) is 10.5. The third-order valence-corrected chi connectivity index (χ3v) is 1.50. The number of alkyl halides is 1. The van der Waals surface area contributed by atoms with Crippen molar-refractivity contribution in [3.63, 3.8) is 0 Å². The van der Waals surface area contributed by atoms with Gasteiger partial charge in [-0.15, -0.1) is 11.6 Å². The van der Waals surface area contributed by atoms with Gasteiger partial charge in [0.05, 0.1) is 11.5 Å². The fourth-order valence-electron chi connectivity index (χ4n) is 0.681. The second kappa shape index (κ2) is 4.07. The lowest BCUT2D eigenvalue weighted by Crippen LogP contribution is -2.18. The number of ether oxygens (including phenoxy) is 1. The van der Waals surface area contributed by atoms with Crippen LogP contribution in [0.2, 0.25) is 0 Å². The fourth-order valence-corrected chi connectivity index (χ4v) is 0.790. The lowest BCUT2D eigenvalue weighted by atomic mass is 10.2. The molecule has 0 fully saturated rings. The Morgan fingerprint density at radius 2 is 2.15 bits per heavy atom. The summed E-state index contributed by atoms with van der Waals surface area (Å²) in [6, 6.07) is 0. The van der Waals surface area contributed by atoms with Crippen molar-refractivity contribution in [3.05, 3.63) is 11.7 Å². The van der Waals surface area contributed by atoms with Gasteiger partial charge in [-0.3, -0.25) is 0 Å². The molecule has 4 nitrogen and oxygen atoms in total. The SMILES string of the molecule is CC(C)(C)OCc1nc(CCl)no1. The number of nitrogens with zero attached hydrogens (tertiary/aromatic N) is 2. The van der Waals surface area contributed by atoms with E-state index in [0.717, 1.165) is 0 Å². The predicted octanol–water partition coefficient (Wildman–Crippen LogP) is 2.12. The molecule has 5 heteroatoms. The van der Waals surface area contributed by atoms with Crippen molar-refractivity contribution in [2.45, 2.75) is 38.9 Å². The largest absolute Gasteiger partial charge is 0.366 e. The van der Waals surface area contributed by atoms with Crippen LogP contribution < -0.4 is 0 Å². The summed E-state index contributed by atoms with van der Waals surface area (Å²) in [7, 11) is 0. The Balaban J connectivity index is 2.46. The Kier molecular flexibility index (Phi) is 3.27. The third kappa shape index (κ3) is 3.74. The van der Waals surface area contributed by atoms with Gasteiger partial charge in [0.2, 0.25) is 0 Å². The number of aromatic nitrogens is 2. The molecule has 1 heterocycles. The van der Waals surface area contributed by atoms with E-state index in [1.165, 1.54) is 0 Å². The van der Waals surface area contributed by atoms with Crippen LogP contribution in [0.15, 0.2) is 4.52 Å². The molecular weight excluding hydrogens is 192 g/mol. The van der Waals surface area contributed by atoms with Crippen LogP contribution in [-0.2, 0) is 17.2 Å². The minimum Gasteiger partial charge on any atom is -0.366 e. The molecule has 0 aliphatic rings. The third-order valence-electron chi connectivity index (χ3n) is 1.26. The molecule has 0 aliphatic heterocycles. The summed E-state index contributed by atoms with van der Waals surface area (Å²) in [5.74, 6) is 1.22. The number of rotatable bonds is 3. The average molecular weight is 205 g/mol. The molecule has 1 rings (SSSR count). The highest BCUT2D eigenvalue weighted by atomic mass is 35.5. The monoisotopic (exact) mass is 204 g/mol. The highest BCUT2D eigenvalue weighted by Gasteiger charge is 2.13. The van der Waals surface area contributed by atoms with Gasteiger partial charge < -0.3 is 9.26 Å². The summed E-state index contributed by atoms with van der Waals surface area (Å²) >= 11 is 5.50. The number of halogens is 1. The molecule has 0 spiro atoms. The predicted molar refractivity (Wildman–Crippen MR) is 48.4 cm³/mol. The van der Waals surface area contributed by atoms with E-state index in [2.05, 4.69) is 10.1 Å². The van der Waals surface area contributed by atoms with E-state index < -0.39 is 0 Å². The maximum atomic E-state index is 5.50. The fraction of sp³-hybridized carbons (Fsp3) is 0.750. The Hall–Kier alpha value is -0.610. The van der Waals surface area contributed by atoms with Gasteiger partial charge in [-0.25, -0.2) is 0 Å². The van der Waals surface area contributed by atoms with Crippen LogP contribution in [0.3, 0.4) is 0 Å². The first-order valence-electron chi connectivity index (χ1n) is 4.02. The van der Waals surface area contributed by atoms with Crippen LogP contribution in [0, 0.1) is 0 Å². The zero-order chi connectivity index (χ0) is 9.90. The van der Waals surface area contributed by atoms with Crippen LogP contribution >= 0.6 is 11.6 Å². The van der Waals surface area contributed by atoms with E-state index in [4.69, 9.17) is 20.9 Å². The van der Waals surface area contributed by atoms with Crippen molar-refractivity contribution in [2.75, 3.05) is 0 Å². The van der Waals surface area contributed by atoms with Crippen molar-refractivity contribution in [3.8, 4) is 0 Å². The van der Waals surface area contributed by atoms with Crippen molar-refractivity contribution >= 4 is 11.6 Å². The van der Waals surface area contributed by atoms with Crippen LogP contribution in [0.4, 0.5) is 0 Å². The molecule has 0 atom stereocenters. The van der Waals surface area contributed by atoms with Crippen molar-refractivity contribution in [1.29, 1.82) is 0 Å². The van der Waals surface area contributed by atoms with E-state index in [1.807, 2.05) is 20.8 Å². The summed E-state index contributed by atoms with van der Waals surface area (Å²) in [5, 5.41) is 3.64. The number of hydrogen-bond acceptors (Lipinski definition) is 4. The van der Waals surface area contributed by atoms with Gasteiger partial charge >= 0.3 is 0 Å². The van der Waals surface area contributed by atoms with E-state index in [0.29, 0.717) is 18.3 Å². The quantitative estimate of drug-likeness (QED) is 0.708. The minimum atomic E-state index is -0.199. The zero-order valence-electron chi connectivity index (χ0n) is 8.00. The van der Waals surface area contributed by atoms with Gasteiger partial charge in [0, 0.05) is 0 Å². The van der Waals surface area contributed by atoms with Gasteiger partial charge in [0.1, 0.15) is 6.61 Å². The maximum Gasteiger partial charge on any atom is 0.252 e. The van der Waals surface area contributed by atoms with Crippen LogP contribution in [0.1, 0.15) is 32.5 Å². The van der Waals surface area contributed by atoms with Gasteiger partial charge in [0.15, 0.2) is 5.82 Å². The molecule has 0 aromatic carbocycles. The molecule has 13 heavy (non-hydrogen) atoms. The van der Waals surface area contributed by atoms with Gasteiger partial charge in [0.25, 0.3) is 5.89 Å². The average Bonchev–Trinajstić information content (AvgIpc) is 2.47. The number of hydrogen-bond donors (Lipinski definition) is 0. The molecular formula is C8H13ClN2O2. The molecule has 1 aromatic heterocycles. The van der Waals surface area contributed by atoms with Crippen molar-refractivity contribution in [2.24, 2.45) is 0 Å². The van der Waals surface area contributed by atoms with Crippen LogP contribution in [0.5, 0.6) is 0 Å². The Morgan fingerprint density at radius 3 is 2.62 bits per heavy atom. The molecule has 1 aromatic rings. The first-order valence-corrected chi connectivity index (χ1v) is 4.56. The molecule has 74 valence electrons. The second-order valence-electron chi connectivity index (χ2n) is 3.64. The molecule has 0 bridgehead atoms. The topological polar surface area (TPSA) is 48.2 Å². The van der Waals surface area contributed by atoms with Crippen LogP contribution in [-0.4, -0.2) is 15.7 Å². The standard InChI is InChI=1S/C8H13ClN2O2/c1-8(2,3)12-5-7-10-6(4-9)11-13-7/h4-5H2,1-3H3. The summed E-state index contributed by atoms with van der Waals surface area (Å²) < 4.78 is 10.3. The molecule has 0 unspecified atom stereocenters. The van der Waals surface area contributed by atoms with E-state index in [1.54, 1.807) is 0 Å². The second-order valence-corrected chi connectivity index (χ2v) is 3.91. The Morgan fingerprint density at radius 1 is 1.46 bits per heavy atom. The summed E-state index contributed by atoms with van der Waals surface area (Å²) in [5.41, 5.74) is -0.199. The lowest BCUT2D eigenvalue weighted by molar-refractivity contribution is -0.0260. The van der Waals surface area contributed by atoms with E-state index >= 15 is 0 Å². The zero-order valence-corrected chi connectivity index (χ0v) is 8.76. The van der Waals surface area contributed by atoms with E-state index in [9.17, 15) is 0 Å². The maximum absolute atomic E-state index is 5.50. The molecule has 0 N–H and O–H groups in total. The van der Waals surface area contributed by atoms with Gasteiger partial charge in [-0.2, -0.15) is 4.98 Å². The molecule has 0 radical (unpaired) electrons. The molecule has 0 saturated heterocycles. The van der Waals surface area contributed by atoms with Gasteiger partial charge in [-0.05, 0) is 20.8 Å². The highest BCUT2D eigenvalue weighted by molar-refractivity contribution is 6.16. The highest BCUT2D eigenvalue weighted by Crippen LogP contribution is 2.10. The first-order chi connectivity index (χ1) is 6.01. The normalized spacial score (nSPS) is 12.0. The van der Waals surface area contributed by atoms with E-state index in [-0.39, 0.29) is 11.5 Å². The molecule has 0 aliphatic carbocycles. The Labute approximate surface area is 82.2 Å². The van der Waals surface area contributed by atoms with Gasteiger partial charge in [-0.1, -0.05) is 5.16 Å². The Bertz CT molecular complexity index is 267. The molecule has 0 amide bonds. The smallest absolute Gasteiger partial charge is 0.252 e. The molecule has 0 saturated carbocycles. The van der Waals surface area contributed by atoms with Crippen molar-refractivity contribution < 1.29 is 9.26 Å². The summed E-state index contributed by atoms with van der Waals surface area (Å²) in [6.07, 6.45) is 0. The van der Waals surface area contributed by atoms with Crippen molar-refractivity contribution in [1.82, 2.24) is 10.1 Å². The minimum absolute atomic E-state index is 0.199. The summed E-state index contributed by atoms with van der Waals surface area (Å²) in [4.78, 5) is 4.00. The lowest BCUT2D eigenvalue weighted by Gasteiger charge is -2.17. The van der Waals surface area contributed by atoms with Crippen LogP contribution in [0.25, 0.3) is 0 Å². The summed E-state index contributed by atoms with van der Waals surface area (Å²) in [6.45, 7) is 6.22.